The van der Waals surface area contributed by atoms with Crippen molar-refractivity contribution in [1.29, 1.82) is 0 Å². The average Bonchev–Trinajstić information content (AvgIpc) is 2.76. The zero-order valence-corrected chi connectivity index (χ0v) is 8.39. The van der Waals surface area contributed by atoms with Gasteiger partial charge in [-0.25, -0.2) is 4.98 Å². The maximum Gasteiger partial charge on any atom is 0.118 e. The molecule has 0 spiro atoms. The molecule has 1 saturated heterocycles. The number of aromatic nitrogens is 1. The molecular weight excluding hydrogens is 184 g/mol. The van der Waals surface area contributed by atoms with Gasteiger partial charge in [0.15, 0.2) is 0 Å². The minimum Gasteiger partial charge on any atom is -0.389 e. The minimum atomic E-state index is 0.0741. The van der Waals surface area contributed by atoms with Gasteiger partial charge in [-0.05, 0) is 25.9 Å². The first-order valence-corrected chi connectivity index (χ1v) is 5.53. The van der Waals surface area contributed by atoms with Gasteiger partial charge in [-0.2, -0.15) is 0 Å². The molecule has 2 heterocycles. The molecule has 0 radical (unpaired) electrons. The van der Waals surface area contributed by atoms with E-state index < -0.39 is 0 Å². The molecule has 0 saturated carbocycles. The minimum absolute atomic E-state index is 0.0741. The first-order valence-electron chi connectivity index (χ1n) is 4.65. The van der Waals surface area contributed by atoms with Gasteiger partial charge in [-0.1, -0.05) is 0 Å². The Kier molecular flexibility index (Phi) is 2.93. The Balaban J connectivity index is 1.92. The van der Waals surface area contributed by atoms with Crippen LogP contribution >= 0.6 is 11.3 Å². The Bertz CT molecular complexity index is 268. The number of aliphatic hydroxyl groups excluding tert-OH is 1. The number of thiazole rings is 1. The third-order valence-electron chi connectivity index (χ3n) is 2.32. The molecule has 2 rings (SSSR count). The van der Waals surface area contributed by atoms with Crippen LogP contribution in [0.25, 0.3) is 0 Å². The number of rotatable bonds is 3. The van der Waals surface area contributed by atoms with Gasteiger partial charge in [0.2, 0.25) is 0 Å². The quantitative estimate of drug-likeness (QED) is 0.793. The normalized spacial score (nSPS) is 18.2. The molecular formula is C9H14N2OS. The monoisotopic (exact) mass is 198 g/mol. The fourth-order valence-electron chi connectivity index (χ4n) is 1.66. The van der Waals surface area contributed by atoms with Gasteiger partial charge in [-0.3, -0.25) is 4.90 Å². The first-order chi connectivity index (χ1) is 6.38. The van der Waals surface area contributed by atoms with Crippen molar-refractivity contribution in [3.8, 4) is 0 Å². The van der Waals surface area contributed by atoms with E-state index in [0.717, 1.165) is 17.2 Å². The molecule has 0 bridgehead atoms. The standard InChI is InChI=1S/C9H14N2OS/c12-6-9-10-8(7-13-9)5-11-3-1-2-4-11/h7,12H,1-6H2. The molecule has 1 aliphatic heterocycles. The second-order valence-corrected chi connectivity index (χ2v) is 4.32. The zero-order valence-electron chi connectivity index (χ0n) is 7.57. The van der Waals surface area contributed by atoms with Gasteiger partial charge in [0.25, 0.3) is 0 Å². The molecule has 1 aromatic rings. The molecule has 1 aliphatic rings. The van der Waals surface area contributed by atoms with Gasteiger partial charge >= 0.3 is 0 Å². The molecule has 1 fully saturated rings. The third-order valence-corrected chi connectivity index (χ3v) is 3.20. The molecule has 0 aromatic carbocycles. The molecule has 0 unspecified atom stereocenters. The molecule has 0 atom stereocenters. The lowest BCUT2D eigenvalue weighted by atomic mass is 10.4. The summed E-state index contributed by atoms with van der Waals surface area (Å²) in [6.45, 7) is 3.43. The largest absolute Gasteiger partial charge is 0.389 e. The van der Waals surface area contributed by atoms with E-state index >= 15 is 0 Å². The number of nitrogens with zero attached hydrogens (tertiary/aromatic N) is 2. The highest BCUT2D eigenvalue weighted by atomic mass is 32.1. The van der Waals surface area contributed by atoms with Crippen LogP contribution in [0.1, 0.15) is 23.5 Å². The van der Waals surface area contributed by atoms with Crippen LogP contribution in [0.15, 0.2) is 5.38 Å². The topological polar surface area (TPSA) is 36.4 Å². The lowest BCUT2D eigenvalue weighted by molar-refractivity contribution is 0.279. The SMILES string of the molecule is OCc1nc(CN2CCCC2)cs1. The maximum atomic E-state index is 8.85. The average molecular weight is 198 g/mol. The fourth-order valence-corrected chi connectivity index (χ4v) is 2.31. The third kappa shape index (κ3) is 2.27. The summed E-state index contributed by atoms with van der Waals surface area (Å²) >= 11 is 1.55. The number of aliphatic hydroxyl groups is 1. The van der Waals surface area contributed by atoms with Gasteiger partial charge in [0, 0.05) is 11.9 Å². The molecule has 0 aliphatic carbocycles. The van der Waals surface area contributed by atoms with Crippen LogP contribution in [0.5, 0.6) is 0 Å². The molecule has 1 N–H and O–H groups in total. The highest BCUT2D eigenvalue weighted by molar-refractivity contribution is 7.09. The summed E-state index contributed by atoms with van der Waals surface area (Å²) in [4.78, 5) is 6.73. The number of hydrogen-bond donors (Lipinski definition) is 1. The van der Waals surface area contributed by atoms with Crippen molar-refractivity contribution >= 4 is 11.3 Å². The second kappa shape index (κ2) is 4.17. The van der Waals surface area contributed by atoms with E-state index in [2.05, 4.69) is 9.88 Å². The summed E-state index contributed by atoms with van der Waals surface area (Å²) in [6.07, 6.45) is 2.63. The predicted octanol–water partition coefficient (Wildman–Crippen LogP) is 1.23. The summed E-state index contributed by atoms with van der Waals surface area (Å²) in [5.74, 6) is 0. The van der Waals surface area contributed by atoms with Gasteiger partial charge < -0.3 is 5.11 Å². The van der Waals surface area contributed by atoms with Crippen molar-refractivity contribution in [3.63, 3.8) is 0 Å². The van der Waals surface area contributed by atoms with Gasteiger partial charge in [0.05, 0.1) is 12.3 Å². The van der Waals surface area contributed by atoms with E-state index in [1.807, 2.05) is 5.38 Å². The zero-order chi connectivity index (χ0) is 9.10. The Hall–Kier alpha value is -0.450. The van der Waals surface area contributed by atoms with Crippen LogP contribution in [0, 0.1) is 0 Å². The van der Waals surface area contributed by atoms with Crippen LogP contribution in [0.4, 0.5) is 0 Å². The summed E-state index contributed by atoms with van der Waals surface area (Å²) in [7, 11) is 0. The molecule has 3 nitrogen and oxygen atoms in total. The lowest BCUT2D eigenvalue weighted by Gasteiger charge is -2.11. The Morgan fingerprint density at radius 2 is 2.23 bits per heavy atom. The van der Waals surface area contributed by atoms with E-state index in [9.17, 15) is 0 Å². The van der Waals surface area contributed by atoms with E-state index in [1.54, 1.807) is 11.3 Å². The number of likely N-dealkylation sites (tertiary alicyclic amines) is 1. The van der Waals surface area contributed by atoms with Crippen LogP contribution in [-0.4, -0.2) is 28.1 Å². The highest BCUT2D eigenvalue weighted by Crippen LogP contribution is 2.15. The van der Waals surface area contributed by atoms with Gasteiger partial charge in [-0.15, -0.1) is 11.3 Å². The van der Waals surface area contributed by atoms with Crippen molar-refractivity contribution in [3.05, 3.63) is 16.1 Å². The van der Waals surface area contributed by atoms with Crippen LogP contribution in [0.2, 0.25) is 0 Å². The summed E-state index contributed by atoms with van der Waals surface area (Å²) in [5.41, 5.74) is 1.11. The van der Waals surface area contributed by atoms with Crippen molar-refractivity contribution in [2.24, 2.45) is 0 Å². The maximum absolute atomic E-state index is 8.85. The Morgan fingerprint density at radius 3 is 2.85 bits per heavy atom. The second-order valence-electron chi connectivity index (χ2n) is 3.37. The van der Waals surface area contributed by atoms with E-state index in [0.29, 0.717) is 0 Å². The van der Waals surface area contributed by atoms with E-state index in [-0.39, 0.29) is 6.61 Å². The molecule has 4 heteroatoms. The van der Waals surface area contributed by atoms with Gasteiger partial charge in [0.1, 0.15) is 5.01 Å². The molecule has 72 valence electrons. The van der Waals surface area contributed by atoms with E-state index in [1.165, 1.54) is 25.9 Å². The van der Waals surface area contributed by atoms with Crippen molar-refractivity contribution in [1.82, 2.24) is 9.88 Å². The Morgan fingerprint density at radius 1 is 1.46 bits per heavy atom. The molecule has 13 heavy (non-hydrogen) atoms. The van der Waals surface area contributed by atoms with Crippen molar-refractivity contribution in [2.75, 3.05) is 13.1 Å². The summed E-state index contributed by atoms with van der Waals surface area (Å²) in [5, 5.41) is 11.7. The first kappa shape index (κ1) is 9.12. The van der Waals surface area contributed by atoms with Crippen LogP contribution < -0.4 is 0 Å². The molecule has 0 amide bonds. The summed E-state index contributed by atoms with van der Waals surface area (Å²) < 4.78 is 0. The van der Waals surface area contributed by atoms with Crippen LogP contribution in [-0.2, 0) is 13.2 Å². The Labute approximate surface area is 82.0 Å². The predicted molar refractivity (Wildman–Crippen MR) is 52.5 cm³/mol. The number of hydrogen-bond acceptors (Lipinski definition) is 4. The lowest BCUT2D eigenvalue weighted by Crippen LogP contribution is -2.18. The summed E-state index contributed by atoms with van der Waals surface area (Å²) in [6, 6.07) is 0. The van der Waals surface area contributed by atoms with Crippen molar-refractivity contribution in [2.45, 2.75) is 26.0 Å². The van der Waals surface area contributed by atoms with Crippen molar-refractivity contribution < 1.29 is 5.11 Å². The van der Waals surface area contributed by atoms with E-state index in [4.69, 9.17) is 5.11 Å². The van der Waals surface area contributed by atoms with Crippen LogP contribution in [0.3, 0.4) is 0 Å². The fraction of sp³-hybridized carbons (Fsp3) is 0.667. The smallest absolute Gasteiger partial charge is 0.118 e. The highest BCUT2D eigenvalue weighted by Gasteiger charge is 2.12. The molecule has 1 aromatic heterocycles.